The fraction of sp³-hybridized carbons (Fsp3) is 0.118. The predicted octanol–water partition coefficient (Wildman–Crippen LogP) is 4.24. The molecule has 8 heteroatoms. The molecule has 0 bridgehead atoms. The Bertz CT molecular complexity index is 842. The van der Waals surface area contributed by atoms with E-state index in [4.69, 9.17) is 44.8 Å². The second-order valence-electron chi connectivity index (χ2n) is 4.89. The number of anilines is 1. The van der Waals surface area contributed by atoms with Crippen molar-refractivity contribution in [3.63, 3.8) is 0 Å². The molecule has 5 nitrogen and oxygen atoms in total. The highest BCUT2D eigenvalue weighted by atomic mass is 35.5. The van der Waals surface area contributed by atoms with E-state index in [1.807, 2.05) is 6.07 Å². The van der Waals surface area contributed by atoms with Crippen molar-refractivity contribution in [3.8, 4) is 6.07 Å². The van der Waals surface area contributed by atoms with E-state index < -0.39 is 18.5 Å². The lowest BCUT2D eigenvalue weighted by Gasteiger charge is -2.09. The van der Waals surface area contributed by atoms with Gasteiger partial charge in [-0.3, -0.25) is 9.59 Å². The summed E-state index contributed by atoms with van der Waals surface area (Å²) in [4.78, 5) is 23.7. The van der Waals surface area contributed by atoms with Crippen LogP contribution in [0.2, 0.25) is 15.1 Å². The van der Waals surface area contributed by atoms with Crippen molar-refractivity contribution < 1.29 is 14.3 Å². The fourth-order valence-electron chi connectivity index (χ4n) is 1.92. The van der Waals surface area contributed by atoms with Gasteiger partial charge in [-0.25, -0.2) is 0 Å². The van der Waals surface area contributed by atoms with E-state index in [-0.39, 0.29) is 11.4 Å². The molecule has 1 amide bonds. The Balaban J connectivity index is 1.88. The van der Waals surface area contributed by atoms with E-state index in [0.29, 0.717) is 26.9 Å². The smallest absolute Gasteiger partial charge is 0.310 e. The van der Waals surface area contributed by atoms with Crippen molar-refractivity contribution in [2.24, 2.45) is 0 Å². The Morgan fingerprint density at radius 1 is 1.08 bits per heavy atom. The van der Waals surface area contributed by atoms with Crippen molar-refractivity contribution in [3.05, 3.63) is 62.6 Å². The molecule has 0 aliphatic heterocycles. The molecular weight excluding hydrogens is 387 g/mol. The average Bonchev–Trinajstić information content (AvgIpc) is 2.57. The first-order chi connectivity index (χ1) is 11.9. The van der Waals surface area contributed by atoms with Crippen molar-refractivity contribution in [1.29, 1.82) is 5.26 Å². The summed E-state index contributed by atoms with van der Waals surface area (Å²) < 4.78 is 4.91. The summed E-state index contributed by atoms with van der Waals surface area (Å²) in [7, 11) is 0. The molecule has 0 unspecified atom stereocenters. The number of nitrogens with one attached hydrogen (secondary N) is 1. The molecule has 2 rings (SSSR count). The molecule has 0 fully saturated rings. The number of ether oxygens (including phenoxy) is 1. The van der Waals surface area contributed by atoms with Crippen LogP contribution in [0.25, 0.3) is 0 Å². The predicted molar refractivity (Wildman–Crippen MR) is 95.9 cm³/mol. The lowest BCUT2D eigenvalue weighted by Crippen LogP contribution is -2.21. The number of halogens is 3. The van der Waals surface area contributed by atoms with E-state index in [9.17, 15) is 9.59 Å². The number of benzene rings is 2. The fourth-order valence-corrected chi connectivity index (χ4v) is 2.68. The van der Waals surface area contributed by atoms with Crippen LogP contribution in [-0.4, -0.2) is 18.5 Å². The Kier molecular flexibility index (Phi) is 6.65. The summed E-state index contributed by atoms with van der Waals surface area (Å²) in [5.41, 5.74) is 1.12. The van der Waals surface area contributed by atoms with E-state index in [2.05, 4.69) is 5.32 Å². The summed E-state index contributed by atoms with van der Waals surface area (Å²) in [6, 6.07) is 11.2. The van der Waals surface area contributed by atoms with Crippen molar-refractivity contribution in [2.45, 2.75) is 6.42 Å². The van der Waals surface area contributed by atoms with Crippen molar-refractivity contribution in [2.75, 3.05) is 11.9 Å². The lowest BCUT2D eigenvalue weighted by atomic mass is 10.1. The van der Waals surface area contributed by atoms with E-state index in [1.165, 1.54) is 18.2 Å². The van der Waals surface area contributed by atoms with Crippen LogP contribution < -0.4 is 5.32 Å². The van der Waals surface area contributed by atoms with Gasteiger partial charge in [-0.2, -0.15) is 5.26 Å². The summed E-state index contributed by atoms with van der Waals surface area (Å²) >= 11 is 17.8. The number of carbonyl (C=O) groups excluding carboxylic acids is 2. The van der Waals surface area contributed by atoms with Crippen LogP contribution in [0.3, 0.4) is 0 Å². The number of hydrogen-bond donors (Lipinski definition) is 1. The summed E-state index contributed by atoms with van der Waals surface area (Å²) in [6.07, 6.45) is -0.144. The zero-order valence-electron chi connectivity index (χ0n) is 12.7. The summed E-state index contributed by atoms with van der Waals surface area (Å²) in [5, 5.41) is 12.2. The van der Waals surface area contributed by atoms with Gasteiger partial charge in [0.1, 0.15) is 6.07 Å². The first kappa shape index (κ1) is 19.1. The van der Waals surface area contributed by atoms with Gasteiger partial charge in [0.25, 0.3) is 5.91 Å². The Morgan fingerprint density at radius 3 is 2.36 bits per heavy atom. The van der Waals surface area contributed by atoms with Crippen LogP contribution in [0, 0.1) is 11.3 Å². The van der Waals surface area contributed by atoms with Gasteiger partial charge >= 0.3 is 5.97 Å². The Morgan fingerprint density at radius 2 is 1.76 bits per heavy atom. The number of nitriles is 1. The first-order valence-corrected chi connectivity index (χ1v) is 8.12. The molecule has 0 radical (unpaired) electrons. The molecule has 0 aliphatic carbocycles. The van der Waals surface area contributed by atoms with Crippen LogP contribution in [0.1, 0.15) is 11.1 Å². The van der Waals surface area contributed by atoms with Crippen LogP contribution >= 0.6 is 34.8 Å². The molecule has 128 valence electrons. The lowest BCUT2D eigenvalue weighted by molar-refractivity contribution is -0.146. The molecule has 0 saturated heterocycles. The molecule has 2 aromatic rings. The van der Waals surface area contributed by atoms with Crippen molar-refractivity contribution >= 4 is 52.4 Å². The zero-order valence-corrected chi connectivity index (χ0v) is 15.0. The number of hydrogen-bond acceptors (Lipinski definition) is 4. The minimum Gasteiger partial charge on any atom is -0.455 e. The maximum absolute atomic E-state index is 11.8. The number of esters is 1. The molecule has 0 saturated carbocycles. The van der Waals surface area contributed by atoms with Crippen LogP contribution in [0.4, 0.5) is 5.69 Å². The topological polar surface area (TPSA) is 79.2 Å². The van der Waals surface area contributed by atoms with Crippen LogP contribution in [0.15, 0.2) is 36.4 Å². The van der Waals surface area contributed by atoms with E-state index in [0.717, 1.165) is 0 Å². The molecule has 0 aliphatic rings. The third-order valence-corrected chi connectivity index (χ3v) is 4.14. The van der Waals surface area contributed by atoms with Gasteiger partial charge in [0, 0.05) is 21.3 Å². The van der Waals surface area contributed by atoms with Gasteiger partial charge in [-0.15, -0.1) is 0 Å². The number of rotatable bonds is 5. The highest BCUT2D eigenvalue weighted by Gasteiger charge is 2.14. The van der Waals surface area contributed by atoms with Crippen LogP contribution in [-0.2, 0) is 20.7 Å². The highest BCUT2D eigenvalue weighted by Crippen LogP contribution is 2.25. The van der Waals surface area contributed by atoms with Crippen LogP contribution in [0.5, 0.6) is 0 Å². The van der Waals surface area contributed by atoms with Gasteiger partial charge in [-0.1, -0.05) is 40.9 Å². The monoisotopic (exact) mass is 396 g/mol. The molecule has 0 heterocycles. The largest absolute Gasteiger partial charge is 0.455 e. The Labute approximate surface area is 159 Å². The summed E-state index contributed by atoms with van der Waals surface area (Å²) in [5.74, 6) is -1.18. The summed E-state index contributed by atoms with van der Waals surface area (Å²) in [6.45, 7) is -0.474. The minimum absolute atomic E-state index is 0.144. The van der Waals surface area contributed by atoms with Gasteiger partial charge in [0.2, 0.25) is 0 Å². The second kappa shape index (κ2) is 8.72. The number of amides is 1. The van der Waals surface area contributed by atoms with E-state index >= 15 is 0 Å². The maximum Gasteiger partial charge on any atom is 0.310 e. The molecule has 0 spiro atoms. The van der Waals surface area contributed by atoms with Crippen molar-refractivity contribution in [1.82, 2.24) is 0 Å². The minimum atomic E-state index is -0.636. The first-order valence-electron chi connectivity index (χ1n) is 6.98. The molecule has 0 aromatic heterocycles. The van der Waals surface area contributed by atoms with Gasteiger partial charge in [-0.05, 0) is 30.3 Å². The Hall–Kier alpha value is -2.26. The average molecular weight is 398 g/mol. The molecule has 1 N–H and O–H groups in total. The van der Waals surface area contributed by atoms with Gasteiger partial charge in [0.15, 0.2) is 6.61 Å². The third kappa shape index (κ3) is 5.36. The SMILES string of the molecule is N#Cc1ccc(NC(=O)COC(=O)Cc2c(Cl)cccc2Cl)cc1Cl. The van der Waals surface area contributed by atoms with Gasteiger partial charge < -0.3 is 10.1 Å². The number of nitrogens with zero attached hydrogens (tertiary/aromatic N) is 1. The normalized spacial score (nSPS) is 10.0. The quantitative estimate of drug-likeness (QED) is 0.765. The standard InChI is InChI=1S/C17H11Cl3N2O3/c18-13-2-1-3-14(19)12(13)7-17(24)25-9-16(23)22-11-5-4-10(8-21)15(20)6-11/h1-6H,7,9H2,(H,22,23). The second-order valence-corrected chi connectivity index (χ2v) is 6.11. The molecule has 0 atom stereocenters. The third-order valence-electron chi connectivity index (χ3n) is 3.12. The molecule has 2 aromatic carbocycles. The van der Waals surface area contributed by atoms with E-state index in [1.54, 1.807) is 18.2 Å². The van der Waals surface area contributed by atoms with Gasteiger partial charge in [0.05, 0.1) is 17.0 Å². The zero-order chi connectivity index (χ0) is 18.4. The number of carbonyl (C=O) groups is 2. The highest BCUT2D eigenvalue weighted by molar-refractivity contribution is 6.36. The maximum atomic E-state index is 11.8. The molecule has 25 heavy (non-hydrogen) atoms. The molecular formula is C17H11Cl3N2O3.